The second-order valence-corrected chi connectivity index (χ2v) is 9.43. The summed E-state index contributed by atoms with van der Waals surface area (Å²) < 4.78 is 1.23. The molecule has 1 aromatic carbocycles. The number of benzene rings is 1. The molecule has 0 radical (unpaired) electrons. The molecule has 2 saturated carbocycles. The molecule has 2 N–H and O–H groups in total. The van der Waals surface area contributed by atoms with Gasteiger partial charge in [-0.05, 0) is 50.2 Å². The van der Waals surface area contributed by atoms with Crippen molar-refractivity contribution in [1.82, 2.24) is 15.5 Å². The minimum Gasteiger partial charge on any atom is -0.356 e. The Morgan fingerprint density at radius 3 is 2.48 bits per heavy atom. The molecule has 4 nitrogen and oxygen atoms in total. The highest BCUT2D eigenvalue weighted by Gasteiger charge is 2.45. The van der Waals surface area contributed by atoms with Gasteiger partial charge in [0.05, 0.1) is 0 Å². The molecule has 3 fully saturated rings. The molecule has 0 aromatic heterocycles. The number of aliphatic imine (C=N–C) groups is 1. The quantitative estimate of drug-likeness (QED) is 0.544. The van der Waals surface area contributed by atoms with Crippen LogP contribution in [0.25, 0.3) is 0 Å². The van der Waals surface area contributed by atoms with Gasteiger partial charge in [0.2, 0.25) is 0 Å². The first-order valence-corrected chi connectivity index (χ1v) is 11.5. The highest BCUT2D eigenvalue weighted by atomic mass is 79.9. The lowest BCUT2D eigenvalue weighted by Crippen LogP contribution is -2.51. The zero-order valence-corrected chi connectivity index (χ0v) is 18.1. The first kappa shape index (κ1) is 19.3. The number of rotatable bonds is 5. The van der Waals surface area contributed by atoms with Gasteiger partial charge < -0.3 is 15.5 Å². The van der Waals surface area contributed by atoms with Gasteiger partial charge in [-0.15, -0.1) is 0 Å². The number of nitrogens with zero attached hydrogens (tertiary/aromatic N) is 2. The van der Waals surface area contributed by atoms with E-state index in [0.717, 1.165) is 18.5 Å². The van der Waals surface area contributed by atoms with Gasteiger partial charge in [0, 0.05) is 48.7 Å². The number of halogens is 1. The maximum atomic E-state index is 4.49. The summed E-state index contributed by atoms with van der Waals surface area (Å²) in [6.45, 7) is 3.43. The predicted molar refractivity (Wildman–Crippen MR) is 116 cm³/mol. The normalized spacial score (nSPS) is 24.1. The third kappa shape index (κ3) is 4.51. The van der Waals surface area contributed by atoms with E-state index in [1.807, 2.05) is 7.05 Å². The second-order valence-electron chi connectivity index (χ2n) is 8.58. The van der Waals surface area contributed by atoms with Gasteiger partial charge in [-0.25, -0.2) is 0 Å². The van der Waals surface area contributed by atoms with Crippen molar-refractivity contribution >= 4 is 21.9 Å². The lowest BCUT2D eigenvalue weighted by molar-refractivity contribution is 0.150. The summed E-state index contributed by atoms with van der Waals surface area (Å²) in [6.07, 6.45) is 10.6. The summed E-state index contributed by atoms with van der Waals surface area (Å²) in [5.74, 6) is 0.965. The standard InChI is InChI=1S/C22H33BrN4/c1-24-21(25-16-22(12-13-22)19-8-4-5-9-20(19)23)26-17-10-14-27(15-11-17)18-6-2-3-7-18/h4-5,8-9,17-18H,2-3,6-7,10-16H2,1H3,(H2,24,25,26). The number of likely N-dealkylation sites (tertiary alicyclic amines) is 1. The van der Waals surface area contributed by atoms with E-state index in [1.54, 1.807) is 0 Å². The van der Waals surface area contributed by atoms with E-state index in [4.69, 9.17) is 0 Å². The molecule has 0 bridgehead atoms. The largest absolute Gasteiger partial charge is 0.356 e. The Bertz CT molecular complexity index is 656. The fourth-order valence-electron chi connectivity index (χ4n) is 4.90. The molecule has 5 heteroatoms. The van der Waals surface area contributed by atoms with E-state index in [2.05, 4.69) is 60.7 Å². The first-order valence-electron chi connectivity index (χ1n) is 10.7. The van der Waals surface area contributed by atoms with E-state index in [-0.39, 0.29) is 5.41 Å². The van der Waals surface area contributed by atoms with E-state index in [9.17, 15) is 0 Å². The van der Waals surface area contributed by atoms with Gasteiger partial charge in [-0.1, -0.05) is 47.0 Å². The molecule has 1 aromatic rings. The van der Waals surface area contributed by atoms with E-state index >= 15 is 0 Å². The van der Waals surface area contributed by atoms with Crippen molar-refractivity contribution in [1.29, 1.82) is 0 Å². The summed E-state index contributed by atoms with van der Waals surface area (Å²) in [4.78, 5) is 7.22. The average molecular weight is 433 g/mol. The summed E-state index contributed by atoms with van der Waals surface area (Å²) in [5, 5.41) is 7.30. The van der Waals surface area contributed by atoms with Crippen LogP contribution >= 0.6 is 15.9 Å². The SMILES string of the molecule is CN=C(NCC1(c2ccccc2Br)CC1)NC1CCN(C2CCCC2)CC1. The minimum atomic E-state index is 0.267. The molecular formula is C22H33BrN4. The number of nitrogens with one attached hydrogen (secondary N) is 2. The Labute approximate surface area is 172 Å². The molecule has 0 unspecified atom stereocenters. The smallest absolute Gasteiger partial charge is 0.191 e. The van der Waals surface area contributed by atoms with Crippen LogP contribution in [0.4, 0.5) is 0 Å². The Balaban J connectivity index is 1.26. The Morgan fingerprint density at radius 2 is 1.85 bits per heavy atom. The summed E-state index contributed by atoms with van der Waals surface area (Å²) >= 11 is 3.73. The van der Waals surface area contributed by atoms with Crippen molar-refractivity contribution in [3.8, 4) is 0 Å². The highest BCUT2D eigenvalue weighted by molar-refractivity contribution is 9.10. The average Bonchev–Trinajstić information content (AvgIpc) is 3.28. The Morgan fingerprint density at radius 1 is 1.15 bits per heavy atom. The predicted octanol–water partition coefficient (Wildman–Crippen LogP) is 4.05. The third-order valence-corrected chi connectivity index (χ3v) is 7.52. The molecular weight excluding hydrogens is 400 g/mol. The molecule has 4 rings (SSSR count). The summed E-state index contributed by atoms with van der Waals surface area (Å²) in [6, 6.07) is 10.1. The maximum Gasteiger partial charge on any atom is 0.191 e. The van der Waals surface area contributed by atoms with Crippen LogP contribution in [0.2, 0.25) is 0 Å². The molecule has 0 amide bonds. The molecule has 27 heavy (non-hydrogen) atoms. The Kier molecular flexibility index (Phi) is 6.08. The maximum absolute atomic E-state index is 4.49. The van der Waals surface area contributed by atoms with Gasteiger partial charge in [-0.3, -0.25) is 4.99 Å². The monoisotopic (exact) mass is 432 g/mol. The topological polar surface area (TPSA) is 39.7 Å². The van der Waals surface area contributed by atoms with Gasteiger partial charge >= 0.3 is 0 Å². The van der Waals surface area contributed by atoms with Crippen LogP contribution in [0, 0.1) is 0 Å². The molecule has 1 aliphatic heterocycles. The van der Waals surface area contributed by atoms with Crippen molar-refractivity contribution in [2.75, 3.05) is 26.7 Å². The van der Waals surface area contributed by atoms with E-state index in [0.29, 0.717) is 6.04 Å². The highest BCUT2D eigenvalue weighted by Crippen LogP contribution is 2.49. The van der Waals surface area contributed by atoms with Crippen LogP contribution in [0.5, 0.6) is 0 Å². The number of hydrogen-bond acceptors (Lipinski definition) is 2. The van der Waals surface area contributed by atoms with Crippen molar-refractivity contribution in [2.45, 2.75) is 68.9 Å². The van der Waals surface area contributed by atoms with Crippen molar-refractivity contribution in [3.05, 3.63) is 34.3 Å². The molecule has 0 spiro atoms. The van der Waals surface area contributed by atoms with Gasteiger partial charge in [0.15, 0.2) is 5.96 Å². The van der Waals surface area contributed by atoms with Crippen LogP contribution in [0.15, 0.2) is 33.7 Å². The number of guanidine groups is 1. The van der Waals surface area contributed by atoms with Crippen molar-refractivity contribution in [2.24, 2.45) is 4.99 Å². The van der Waals surface area contributed by atoms with Crippen molar-refractivity contribution < 1.29 is 0 Å². The van der Waals surface area contributed by atoms with Crippen LogP contribution in [0.3, 0.4) is 0 Å². The Hall–Kier alpha value is -1.07. The number of hydrogen-bond donors (Lipinski definition) is 2. The van der Waals surface area contributed by atoms with Crippen LogP contribution in [-0.4, -0.2) is 49.6 Å². The van der Waals surface area contributed by atoms with E-state index in [1.165, 1.54) is 74.5 Å². The fourth-order valence-corrected chi connectivity index (χ4v) is 5.61. The van der Waals surface area contributed by atoms with Crippen molar-refractivity contribution in [3.63, 3.8) is 0 Å². The van der Waals surface area contributed by atoms with Crippen LogP contribution in [0.1, 0.15) is 56.9 Å². The van der Waals surface area contributed by atoms with E-state index < -0.39 is 0 Å². The van der Waals surface area contributed by atoms with Crippen LogP contribution < -0.4 is 10.6 Å². The van der Waals surface area contributed by atoms with Gasteiger partial charge in [0.1, 0.15) is 0 Å². The first-order chi connectivity index (χ1) is 13.2. The zero-order chi connectivity index (χ0) is 18.7. The summed E-state index contributed by atoms with van der Waals surface area (Å²) in [5.41, 5.74) is 1.70. The third-order valence-electron chi connectivity index (χ3n) is 6.83. The molecule has 2 aliphatic carbocycles. The fraction of sp³-hybridized carbons (Fsp3) is 0.682. The van der Waals surface area contributed by atoms with Crippen LogP contribution in [-0.2, 0) is 5.41 Å². The van der Waals surface area contributed by atoms with Gasteiger partial charge in [0.25, 0.3) is 0 Å². The van der Waals surface area contributed by atoms with Gasteiger partial charge in [-0.2, -0.15) is 0 Å². The molecule has 1 saturated heterocycles. The lowest BCUT2D eigenvalue weighted by Gasteiger charge is -2.36. The second kappa shape index (κ2) is 8.52. The lowest BCUT2D eigenvalue weighted by atomic mass is 9.96. The molecule has 0 atom stereocenters. The summed E-state index contributed by atoms with van der Waals surface area (Å²) in [7, 11) is 1.89. The zero-order valence-electron chi connectivity index (χ0n) is 16.5. The molecule has 3 aliphatic rings. The number of piperidine rings is 1. The minimum absolute atomic E-state index is 0.267. The molecule has 1 heterocycles. The molecule has 148 valence electrons.